The van der Waals surface area contributed by atoms with Crippen molar-refractivity contribution in [3.05, 3.63) is 34.6 Å². The topological polar surface area (TPSA) is 50.8 Å². The average molecular weight is 303 g/mol. The molecular formula is C13H16ClFN2O3. The number of rotatable bonds is 5. The summed E-state index contributed by atoms with van der Waals surface area (Å²) in [5.74, 6) is -1.36. The summed E-state index contributed by atoms with van der Waals surface area (Å²) >= 11 is 5.78. The van der Waals surface area contributed by atoms with Crippen molar-refractivity contribution in [3.63, 3.8) is 0 Å². The van der Waals surface area contributed by atoms with Gasteiger partial charge in [0.25, 0.3) is 5.91 Å². The molecule has 7 heteroatoms. The first kappa shape index (κ1) is 15.2. The fourth-order valence-corrected chi connectivity index (χ4v) is 2.13. The Morgan fingerprint density at radius 1 is 1.45 bits per heavy atom. The van der Waals surface area contributed by atoms with Crippen LogP contribution in [0.25, 0.3) is 0 Å². The van der Waals surface area contributed by atoms with Crippen LogP contribution in [0, 0.1) is 5.82 Å². The monoisotopic (exact) mass is 302 g/mol. The highest BCUT2D eigenvalue weighted by Gasteiger charge is 2.16. The number of benzene rings is 1. The van der Waals surface area contributed by atoms with Crippen LogP contribution in [0.15, 0.2) is 18.2 Å². The summed E-state index contributed by atoms with van der Waals surface area (Å²) in [6, 6.07) is 4.07. The zero-order chi connectivity index (χ0) is 14.4. The van der Waals surface area contributed by atoms with Crippen LogP contribution in [0.3, 0.4) is 0 Å². The van der Waals surface area contributed by atoms with Gasteiger partial charge >= 0.3 is 0 Å². The third kappa shape index (κ3) is 4.14. The highest BCUT2D eigenvalue weighted by atomic mass is 35.5. The van der Waals surface area contributed by atoms with Gasteiger partial charge in [0.2, 0.25) is 0 Å². The van der Waals surface area contributed by atoms with Crippen molar-refractivity contribution in [2.24, 2.45) is 0 Å². The lowest BCUT2D eigenvalue weighted by atomic mass is 10.2. The number of hydrogen-bond acceptors (Lipinski definition) is 4. The van der Waals surface area contributed by atoms with Gasteiger partial charge in [0.1, 0.15) is 5.82 Å². The number of hydroxylamine groups is 1. The third-order valence-electron chi connectivity index (χ3n) is 2.97. The summed E-state index contributed by atoms with van der Waals surface area (Å²) in [5.41, 5.74) is 1.99. The van der Waals surface area contributed by atoms with Gasteiger partial charge in [0.15, 0.2) is 0 Å². The van der Waals surface area contributed by atoms with E-state index in [9.17, 15) is 9.18 Å². The summed E-state index contributed by atoms with van der Waals surface area (Å²) < 4.78 is 18.7. The maximum absolute atomic E-state index is 13.5. The average Bonchev–Trinajstić information content (AvgIpc) is 2.44. The van der Waals surface area contributed by atoms with Gasteiger partial charge in [-0.1, -0.05) is 17.7 Å². The van der Waals surface area contributed by atoms with Crippen LogP contribution in [0.4, 0.5) is 4.39 Å². The molecule has 110 valence electrons. The van der Waals surface area contributed by atoms with E-state index in [4.69, 9.17) is 21.2 Å². The number of carbonyl (C=O) groups is 1. The van der Waals surface area contributed by atoms with Crippen molar-refractivity contribution >= 4 is 17.5 Å². The maximum atomic E-state index is 13.5. The Kier molecular flexibility index (Phi) is 5.72. The first-order valence-corrected chi connectivity index (χ1v) is 6.72. The Balaban J connectivity index is 1.75. The van der Waals surface area contributed by atoms with E-state index in [1.165, 1.54) is 18.2 Å². The van der Waals surface area contributed by atoms with E-state index < -0.39 is 11.7 Å². The molecule has 1 aliphatic rings. The Morgan fingerprint density at radius 3 is 2.90 bits per heavy atom. The normalized spacial score (nSPS) is 16.1. The largest absolute Gasteiger partial charge is 0.379 e. The van der Waals surface area contributed by atoms with E-state index in [0.29, 0.717) is 26.4 Å². The number of amides is 1. The van der Waals surface area contributed by atoms with Crippen LogP contribution in [0.2, 0.25) is 5.02 Å². The standard InChI is InChI=1S/C13H16ClFN2O3/c14-10-2-1-3-11(15)12(10)13(18)16-20-9-6-17-4-7-19-8-5-17/h1-3H,4-9H2,(H,16,18). The van der Waals surface area contributed by atoms with Gasteiger partial charge in [-0.3, -0.25) is 14.5 Å². The predicted octanol–water partition coefficient (Wildman–Crippen LogP) is 1.47. The summed E-state index contributed by atoms with van der Waals surface area (Å²) in [7, 11) is 0. The highest BCUT2D eigenvalue weighted by molar-refractivity contribution is 6.33. The van der Waals surface area contributed by atoms with Crippen LogP contribution in [0.1, 0.15) is 10.4 Å². The lowest BCUT2D eigenvalue weighted by molar-refractivity contribution is -0.00190. The van der Waals surface area contributed by atoms with Crippen molar-refractivity contribution in [1.29, 1.82) is 0 Å². The molecule has 1 heterocycles. The van der Waals surface area contributed by atoms with Gasteiger partial charge in [-0.25, -0.2) is 9.87 Å². The van der Waals surface area contributed by atoms with Gasteiger partial charge in [-0.2, -0.15) is 0 Å². The molecule has 0 aromatic heterocycles. The van der Waals surface area contributed by atoms with Gasteiger partial charge in [-0.15, -0.1) is 0 Å². The molecule has 1 aromatic rings. The number of halogens is 2. The second-order valence-electron chi connectivity index (χ2n) is 4.33. The number of nitrogens with zero attached hydrogens (tertiary/aromatic N) is 1. The molecule has 1 N–H and O–H groups in total. The van der Waals surface area contributed by atoms with Crippen molar-refractivity contribution in [2.45, 2.75) is 0 Å². The smallest absolute Gasteiger partial charge is 0.279 e. The number of morpholine rings is 1. The zero-order valence-corrected chi connectivity index (χ0v) is 11.7. The predicted molar refractivity (Wildman–Crippen MR) is 72.1 cm³/mol. The molecule has 1 fully saturated rings. The number of ether oxygens (including phenoxy) is 1. The SMILES string of the molecule is O=C(NOCCN1CCOCC1)c1c(F)cccc1Cl. The molecule has 0 spiro atoms. The van der Waals surface area contributed by atoms with E-state index in [1.54, 1.807) is 0 Å². The fourth-order valence-electron chi connectivity index (χ4n) is 1.88. The molecule has 0 bridgehead atoms. The summed E-state index contributed by atoms with van der Waals surface area (Å²) in [5, 5.41) is 0.0549. The van der Waals surface area contributed by atoms with Crippen LogP contribution < -0.4 is 5.48 Å². The molecule has 1 aromatic carbocycles. The van der Waals surface area contributed by atoms with Crippen molar-refractivity contribution < 1.29 is 18.8 Å². The lowest BCUT2D eigenvalue weighted by Gasteiger charge is -2.26. The number of nitrogens with one attached hydrogen (secondary N) is 1. The van der Waals surface area contributed by atoms with Crippen molar-refractivity contribution in [3.8, 4) is 0 Å². The third-order valence-corrected chi connectivity index (χ3v) is 3.28. The molecule has 0 aliphatic carbocycles. The van der Waals surface area contributed by atoms with Crippen molar-refractivity contribution in [2.75, 3.05) is 39.5 Å². The molecule has 0 atom stereocenters. The van der Waals surface area contributed by atoms with E-state index in [2.05, 4.69) is 10.4 Å². The Bertz CT molecular complexity index is 447. The molecule has 0 saturated carbocycles. The Labute approximate surface area is 121 Å². The van der Waals surface area contributed by atoms with E-state index in [1.807, 2.05) is 0 Å². The van der Waals surface area contributed by atoms with Gasteiger partial charge in [0.05, 0.1) is 30.4 Å². The highest BCUT2D eigenvalue weighted by Crippen LogP contribution is 2.18. The van der Waals surface area contributed by atoms with Gasteiger partial charge in [-0.05, 0) is 12.1 Å². The molecule has 20 heavy (non-hydrogen) atoms. The molecular weight excluding hydrogens is 287 g/mol. The maximum Gasteiger partial charge on any atom is 0.279 e. The number of carbonyl (C=O) groups excluding carboxylic acids is 1. The van der Waals surface area contributed by atoms with Crippen LogP contribution in [-0.2, 0) is 9.57 Å². The van der Waals surface area contributed by atoms with Crippen molar-refractivity contribution in [1.82, 2.24) is 10.4 Å². The van der Waals surface area contributed by atoms with E-state index in [0.717, 1.165) is 13.1 Å². The second kappa shape index (κ2) is 7.54. The quantitative estimate of drug-likeness (QED) is 0.661. The summed E-state index contributed by atoms with van der Waals surface area (Å²) in [6.45, 7) is 4.09. The molecule has 1 amide bonds. The minimum Gasteiger partial charge on any atom is -0.379 e. The summed E-state index contributed by atoms with van der Waals surface area (Å²) in [4.78, 5) is 19.0. The second-order valence-corrected chi connectivity index (χ2v) is 4.74. The molecule has 1 aliphatic heterocycles. The molecule has 0 radical (unpaired) electrons. The van der Waals surface area contributed by atoms with Gasteiger partial charge < -0.3 is 4.74 Å². The molecule has 1 saturated heterocycles. The number of hydrogen-bond donors (Lipinski definition) is 1. The Hall–Kier alpha value is -1.21. The molecule has 0 unspecified atom stereocenters. The molecule has 5 nitrogen and oxygen atoms in total. The first-order valence-electron chi connectivity index (χ1n) is 6.34. The fraction of sp³-hybridized carbons (Fsp3) is 0.462. The lowest BCUT2D eigenvalue weighted by Crippen LogP contribution is -2.39. The van der Waals surface area contributed by atoms with E-state index >= 15 is 0 Å². The minimum atomic E-state index is -0.685. The minimum absolute atomic E-state index is 0.0549. The first-order chi connectivity index (χ1) is 9.68. The summed E-state index contributed by atoms with van der Waals surface area (Å²) in [6.07, 6.45) is 0. The van der Waals surface area contributed by atoms with Crippen LogP contribution in [-0.4, -0.2) is 50.3 Å². The Morgan fingerprint density at radius 2 is 2.20 bits per heavy atom. The molecule has 2 rings (SSSR count). The van der Waals surface area contributed by atoms with E-state index in [-0.39, 0.29) is 10.6 Å². The van der Waals surface area contributed by atoms with Gasteiger partial charge in [0, 0.05) is 19.6 Å². The zero-order valence-electron chi connectivity index (χ0n) is 10.9. The van der Waals surface area contributed by atoms with Crippen LogP contribution >= 0.6 is 11.6 Å². The van der Waals surface area contributed by atoms with Crippen LogP contribution in [0.5, 0.6) is 0 Å².